The Labute approximate surface area is 379 Å². The van der Waals surface area contributed by atoms with Crippen LogP contribution in [0, 0.1) is 24.5 Å². The molecule has 17 nitrogen and oxygen atoms in total. The number of amides is 5. The van der Waals surface area contributed by atoms with Crippen molar-refractivity contribution in [2.75, 3.05) is 72.8 Å². The predicted octanol–water partition coefficient (Wildman–Crippen LogP) is 4.54. The summed E-state index contributed by atoms with van der Waals surface area (Å²) in [4.78, 5) is 72.9. The summed E-state index contributed by atoms with van der Waals surface area (Å²) in [6, 6.07) is 6.35. The first-order valence-corrected chi connectivity index (χ1v) is 23.3. The van der Waals surface area contributed by atoms with Crippen molar-refractivity contribution in [3.63, 3.8) is 0 Å². The van der Waals surface area contributed by atoms with Gasteiger partial charge in [-0.15, -0.1) is 0 Å². The number of hydrogen-bond donors (Lipinski definition) is 2. The van der Waals surface area contributed by atoms with Gasteiger partial charge in [0.15, 0.2) is 11.6 Å². The molecule has 5 rings (SSSR count). The number of hydrogen-bond acceptors (Lipinski definition) is 11. The number of nitrogens with zero attached hydrogens (tertiary/aromatic N) is 4. The van der Waals surface area contributed by atoms with E-state index in [1.807, 2.05) is 0 Å². The number of likely N-dealkylation sites (N-methyl/N-ethyl adjacent to an activating group) is 1. The van der Waals surface area contributed by atoms with Gasteiger partial charge in [0.25, 0.3) is 21.9 Å². The van der Waals surface area contributed by atoms with Crippen molar-refractivity contribution < 1.29 is 59.6 Å². The third-order valence-electron chi connectivity index (χ3n) is 11.5. The zero-order chi connectivity index (χ0) is 47.6. The molecule has 1 saturated carbocycles. The van der Waals surface area contributed by atoms with E-state index in [2.05, 4.69) is 10.6 Å². The minimum absolute atomic E-state index is 0.0131. The van der Waals surface area contributed by atoms with Gasteiger partial charge in [-0.05, 0) is 77.1 Å². The standard InChI is InChI=1S/C45H62F2N6O11S/c1-29-12-11-15-32(26-29)65(59,60)63-25-24-62-23-22-61-21-16-48-41(55)37-33-27-34(46)35(47)28-36(33)51(7)39(37)43(57)53-19-17-52(18-20-53)42(56)38(31-13-9-8-10-14-31)49-40(54)30(2)50(6)44(58)64-45(3,4)5/h11-12,15,26-28,30-31,38H,8-10,13-14,16-25H2,1-7H3,(H,48,55)(H,49,54)/t30-,38-/m0/s1. The normalized spacial score (nSPS) is 16.0. The second-order valence-electron chi connectivity index (χ2n) is 17.4. The maximum absolute atomic E-state index is 14.7. The molecule has 2 N–H and O–H groups in total. The van der Waals surface area contributed by atoms with Gasteiger partial charge in [-0.2, -0.15) is 8.42 Å². The third kappa shape index (κ3) is 13.2. The van der Waals surface area contributed by atoms with E-state index in [9.17, 15) is 41.2 Å². The number of aromatic nitrogens is 1. The van der Waals surface area contributed by atoms with Gasteiger partial charge in [-0.1, -0.05) is 31.4 Å². The Morgan fingerprint density at radius 1 is 0.877 bits per heavy atom. The largest absolute Gasteiger partial charge is 0.444 e. The Hall–Kier alpha value is -5.18. The quantitative estimate of drug-likeness (QED) is 0.134. The maximum atomic E-state index is 14.7. The van der Waals surface area contributed by atoms with Gasteiger partial charge >= 0.3 is 6.09 Å². The molecule has 20 heteroatoms. The highest BCUT2D eigenvalue weighted by Gasteiger charge is 2.39. The van der Waals surface area contributed by atoms with Gasteiger partial charge in [0.05, 0.1) is 49.0 Å². The second kappa shape index (κ2) is 22.3. The lowest BCUT2D eigenvalue weighted by Crippen LogP contribution is -2.60. The van der Waals surface area contributed by atoms with Crippen LogP contribution in [0.4, 0.5) is 13.6 Å². The van der Waals surface area contributed by atoms with Gasteiger partial charge < -0.3 is 39.2 Å². The zero-order valence-electron chi connectivity index (χ0n) is 38.2. The fraction of sp³-hybridized carbons (Fsp3) is 0.578. The van der Waals surface area contributed by atoms with Crippen molar-refractivity contribution >= 4 is 50.7 Å². The second-order valence-corrected chi connectivity index (χ2v) is 19.0. The highest BCUT2D eigenvalue weighted by Crippen LogP contribution is 2.31. The zero-order valence-corrected chi connectivity index (χ0v) is 39.1. The smallest absolute Gasteiger partial charge is 0.410 e. The van der Waals surface area contributed by atoms with Crippen molar-refractivity contribution in [3.8, 4) is 0 Å². The lowest BCUT2D eigenvalue weighted by molar-refractivity contribution is -0.140. The molecular formula is C45H62F2N6O11S. The van der Waals surface area contributed by atoms with Crippen molar-refractivity contribution in [2.45, 2.75) is 89.3 Å². The van der Waals surface area contributed by atoms with Crippen molar-refractivity contribution in [1.29, 1.82) is 0 Å². The molecule has 2 aliphatic rings. The first-order valence-electron chi connectivity index (χ1n) is 21.9. The molecule has 0 spiro atoms. The van der Waals surface area contributed by atoms with Gasteiger partial charge in [-0.25, -0.2) is 13.6 Å². The van der Waals surface area contributed by atoms with Crippen LogP contribution in [0.1, 0.15) is 86.2 Å². The third-order valence-corrected chi connectivity index (χ3v) is 12.8. The number of halogens is 2. The number of piperazine rings is 1. The average Bonchev–Trinajstić information content (AvgIpc) is 3.54. The summed E-state index contributed by atoms with van der Waals surface area (Å²) in [6.07, 6.45) is 3.62. The van der Waals surface area contributed by atoms with Crippen LogP contribution in [0.5, 0.6) is 0 Å². The van der Waals surface area contributed by atoms with E-state index < -0.39 is 63.3 Å². The first kappa shape index (κ1) is 50.8. The number of benzene rings is 2. The van der Waals surface area contributed by atoms with Crippen LogP contribution in [-0.4, -0.2) is 148 Å². The number of carbonyl (C=O) groups is 5. The summed E-state index contributed by atoms with van der Waals surface area (Å²) in [7, 11) is -0.986. The lowest BCUT2D eigenvalue weighted by atomic mass is 9.83. The Kier molecular flexibility index (Phi) is 17.5. The fourth-order valence-corrected chi connectivity index (χ4v) is 8.86. The monoisotopic (exact) mass is 932 g/mol. The number of rotatable bonds is 18. The highest BCUT2D eigenvalue weighted by molar-refractivity contribution is 7.86. The van der Waals surface area contributed by atoms with Crippen LogP contribution in [0.25, 0.3) is 10.9 Å². The summed E-state index contributed by atoms with van der Waals surface area (Å²) >= 11 is 0. The lowest BCUT2D eigenvalue weighted by Gasteiger charge is -2.39. The predicted molar refractivity (Wildman–Crippen MR) is 236 cm³/mol. The average molecular weight is 933 g/mol. The molecule has 5 amide bonds. The summed E-state index contributed by atoms with van der Waals surface area (Å²) in [5.41, 5.74) is -0.125. The van der Waals surface area contributed by atoms with Gasteiger partial charge in [0.2, 0.25) is 11.8 Å². The van der Waals surface area contributed by atoms with E-state index in [-0.39, 0.29) is 105 Å². The summed E-state index contributed by atoms with van der Waals surface area (Å²) in [6.45, 7) is 8.91. The van der Waals surface area contributed by atoms with Crippen molar-refractivity contribution in [2.24, 2.45) is 13.0 Å². The molecule has 2 atom stereocenters. The Balaban J connectivity index is 1.17. The van der Waals surface area contributed by atoms with Crippen LogP contribution in [0.3, 0.4) is 0 Å². The molecular weight excluding hydrogens is 871 g/mol. The minimum Gasteiger partial charge on any atom is -0.444 e. The minimum atomic E-state index is -3.93. The van der Waals surface area contributed by atoms with E-state index in [4.69, 9.17) is 18.4 Å². The summed E-state index contributed by atoms with van der Waals surface area (Å²) < 4.78 is 76.6. The van der Waals surface area contributed by atoms with Gasteiger partial charge in [-0.3, -0.25) is 28.3 Å². The molecule has 2 fully saturated rings. The Bertz CT molecular complexity index is 2300. The van der Waals surface area contributed by atoms with Gasteiger partial charge in [0, 0.05) is 58.3 Å². The number of ether oxygens (including phenoxy) is 3. The number of carbonyl (C=O) groups excluding carboxylic acids is 5. The van der Waals surface area contributed by atoms with Crippen LogP contribution < -0.4 is 10.6 Å². The maximum Gasteiger partial charge on any atom is 0.410 e. The van der Waals surface area contributed by atoms with Crippen LogP contribution in [0.2, 0.25) is 0 Å². The molecule has 2 heterocycles. The Morgan fingerprint density at radius 2 is 1.49 bits per heavy atom. The van der Waals surface area contributed by atoms with E-state index in [1.54, 1.807) is 51.7 Å². The topological polar surface area (TPSA) is 195 Å². The van der Waals surface area contributed by atoms with E-state index in [0.29, 0.717) is 0 Å². The molecule has 1 aliphatic heterocycles. The molecule has 65 heavy (non-hydrogen) atoms. The summed E-state index contributed by atoms with van der Waals surface area (Å²) in [5.74, 6) is -4.58. The van der Waals surface area contributed by atoms with Crippen LogP contribution in [0.15, 0.2) is 41.3 Å². The molecule has 0 bridgehead atoms. The van der Waals surface area contributed by atoms with Crippen LogP contribution >= 0.6 is 0 Å². The van der Waals surface area contributed by atoms with E-state index in [1.165, 1.54) is 40.6 Å². The molecule has 358 valence electrons. The van der Waals surface area contributed by atoms with Crippen molar-refractivity contribution in [1.82, 2.24) is 29.9 Å². The highest BCUT2D eigenvalue weighted by atomic mass is 32.2. The van der Waals surface area contributed by atoms with Gasteiger partial charge in [0.1, 0.15) is 23.4 Å². The van der Waals surface area contributed by atoms with Crippen LogP contribution in [-0.2, 0) is 45.1 Å². The number of aryl methyl sites for hydroxylation is 2. The molecule has 3 aromatic rings. The molecule has 2 aromatic carbocycles. The number of nitrogens with one attached hydrogen (secondary N) is 2. The molecule has 0 unspecified atom stereocenters. The van der Waals surface area contributed by atoms with Crippen molar-refractivity contribution in [3.05, 3.63) is 64.9 Å². The van der Waals surface area contributed by atoms with E-state index >= 15 is 0 Å². The number of fused-ring (bicyclic) bond motifs is 1. The first-order chi connectivity index (χ1) is 30.7. The van der Waals surface area contributed by atoms with E-state index in [0.717, 1.165) is 49.8 Å². The summed E-state index contributed by atoms with van der Waals surface area (Å²) in [5, 5.41) is 5.65. The molecule has 1 saturated heterocycles. The Morgan fingerprint density at radius 3 is 2.14 bits per heavy atom. The fourth-order valence-electron chi connectivity index (χ4n) is 7.87. The molecule has 1 aromatic heterocycles. The molecule has 0 radical (unpaired) electrons. The molecule has 1 aliphatic carbocycles. The SMILES string of the molecule is Cc1cccc(S(=O)(=O)OCCOCCOCCNC(=O)c2c(C(=O)N3CCN(C(=O)[C@@H](NC(=O)[C@H](C)N(C)C(=O)OC(C)(C)C)C4CCCCC4)CC3)n(C)c3cc(F)c(F)cc23)c1.